The van der Waals surface area contributed by atoms with Crippen molar-refractivity contribution in [1.29, 1.82) is 0 Å². The topological polar surface area (TPSA) is 82.7 Å². The van der Waals surface area contributed by atoms with Gasteiger partial charge < -0.3 is 14.6 Å². The molecule has 0 aliphatic heterocycles. The van der Waals surface area contributed by atoms with Gasteiger partial charge in [-0.2, -0.15) is 0 Å². The van der Waals surface area contributed by atoms with Gasteiger partial charge in [0.25, 0.3) is 0 Å². The van der Waals surface area contributed by atoms with Gasteiger partial charge in [-0.3, -0.25) is 9.13 Å². The number of nitrogens with zero attached hydrogens (tertiary/aromatic N) is 2. The van der Waals surface area contributed by atoms with Gasteiger partial charge in [-0.1, -0.05) is 12.1 Å². The molecule has 1 N–H and O–H groups in total. The summed E-state index contributed by atoms with van der Waals surface area (Å²) >= 11 is 0. The molecule has 0 spiro atoms. The number of aryl methyl sites for hydroxylation is 1. The normalized spacial score (nSPS) is 12.1. The molecule has 1 unspecified atom stereocenters. The summed E-state index contributed by atoms with van der Waals surface area (Å²) in [6.45, 7) is 4.70. The Labute approximate surface area is 162 Å². The minimum absolute atomic E-state index is 0.0246. The third-order valence-corrected chi connectivity index (χ3v) is 4.44. The fourth-order valence-electron chi connectivity index (χ4n) is 3.11. The van der Waals surface area contributed by atoms with Crippen LogP contribution in [0.2, 0.25) is 0 Å². The third kappa shape index (κ3) is 4.09. The summed E-state index contributed by atoms with van der Waals surface area (Å²) in [5.74, 6) is 0.135. The van der Waals surface area contributed by atoms with Crippen LogP contribution in [0.5, 0.6) is 5.75 Å². The van der Waals surface area contributed by atoms with Crippen LogP contribution in [0.3, 0.4) is 0 Å². The van der Waals surface area contributed by atoms with Gasteiger partial charge in [-0.05, 0) is 50.2 Å². The molecule has 0 aliphatic carbocycles. The molecule has 1 atom stereocenters. The lowest BCUT2D eigenvalue weighted by atomic mass is 10.2. The summed E-state index contributed by atoms with van der Waals surface area (Å²) in [6, 6.07) is 14.0. The number of ether oxygens (including phenoxy) is 2. The van der Waals surface area contributed by atoms with Gasteiger partial charge in [0.15, 0.2) is 0 Å². The highest BCUT2D eigenvalue weighted by Gasteiger charge is 2.15. The molecule has 7 nitrogen and oxygen atoms in total. The van der Waals surface area contributed by atoms with Crippen LogP contribution in [0.15, 0.2) is 53.3 Å². The number of rotatable bonds is 8. The molecular formula is C21H24N2O5. The van der Waals surface area contributed by atoms with Crippen LogP contribution < -0.4 is 10.4 Å². The lowest BCUT2D eigenvalue weighted by molar-refractivity contribution is 0.0526. The van der Waals surface area contributed by atoms with Gasteiger partial charge in [-0.25, -0.2) is 9.59 Å². The Morgan fingerprint density at radius 3 is 2.29 bits per heavy atom. The van der Waals surface area contributed by atoms with Gasteiger partial charge in [0.05, 0.1) is 29.7 Å². The number of imidazole rings is 1. The number of hydrogen-bond acceptors (Lipinski definition) is 5. The summed E-state index contributed by atoms with van der Waals surface area (Å²) in [6.07, 6.45) is -0.862. The molecule has 7 heteroatoms. The van der Waals surface area contributed by atoms with Gasteiger partial charge in [-0.15, -0.1) is 0 Å². The number of aromatic nitrogens is 2. The largest absolute Gasteiger partial charge is 0.491 e. The van der Waals surface area contributed by atoms with Crippen molar-refractivity contribution in [3.05, 3.63) is 64.6 Å². The van der Waals surface area contributed by atoms with Crippen LogP contribution in [0, 0.1) is 0 Å². The number of aliphatic hydroxyl groups is 1. The zero-order chi connectivity index (χ0) is 20.1. The predicted molar refractivity (Wildman–Crippen MR) is 106 cm³/mol. The van der Waals surface area contributed by atoms with Crippen molar-refractivity contribution in [3.63, 3.8) is 0 Å². The van der Waals surface area contributed by atoms with E-state index in [1.54, 1.807) is 40.3 Å². The SMILES string of the molecule is CCOC(=O)c1ccc(OCC(O)Cn2c(=O)n(CC)c3ccccc32)cc1. The van der Waals surface area contributed by atoms with E-state index in [4.69, 9.17) is 9.47 Å². The van der Waals surface area contributed by atoms with Gasteiger partial charge >= 0.3 is 11.7 Å². The van der Waals surface area contributed by atoms with Crippen LogP contribution >= 0.6 is 0 Å². The highest BCUT2D eigenvalue weighted by Crippen LogP contribution is 2.15. The lowest BCUT2D eigenvalue weighted by Crippen LogP contribution is -2.31. The Bertz CT molecular complexity index is 1000. The average Bonchev–Trinajstić information content (AvgIpc) is 2.98. The molecular weight excluding hydrogens is 360 g/mol. The van der Waals surface area contributed by atoms with Crippen molar-refractivity contribution in [2.45, 2.75) is 33.0 Å². The summed E-state index contributed by atoms with van der Waals surface area (Å²) in [7, 11) is 0. The number of fused-ring (bicyclic) bond motifs is 1. The molecule has 0 saturated carbocycles. The summed E-state index contributed by atoms with van der Waals surface area (Å²) in [5.41, 5.74) is 1.92. The van der Waals surface area contributed by atoms with E-state index in [1.807, 2.05) is 31.2 Å². The minimum atomic E-state index is -0.862. The van der Waals surface area contributed by atoms with Gasteiger partial charge in [0.1, 0.15) is 18.5 Å². The van der Waals surface area contributed by atoms with Crippen molar-refractivity contribution in [2.24, 2.45) is 0 Å². The van der Waals surface area contributed by atoms with E-state index in [0.29, 0.717) is 24.5 Å². The quantitative estimate of drug-likeness (QED) is 0.603. The van der Waals surface area contributed by atoms with E-state index in [2.05, 4.69) is 0 Å². The third-order valence-electron chi connectivity index (χ3n) is 4.44. The molecule has 2 aromatic carbocycles. The molecule has 0 fully saturated rings. The van der Waals surface area contributed by atoms with Crippen molar-refractivity contribution in [2.75, 3.05) is 13.2 Å². The molecule has 3 aromatic rings. The van der Waals surface area contributed by atoms with Crippen LogP contribution in [0.25, 0.3) is 11.0 Å². The number of hydrogen-bond donors (Lipinski definition) is 1. The second-order valence-electron chi connectivity index (χ2n) is 6.34. The first-order chi connectivity index (χ1) is 13.5. The number of carbonyl (C=O) groups excluding carboxylic acids is 1. The zero-order valence-corrected chi connectivity index (χ0v) is 16.0. The molecule has 0 aliphatic rings. The standard InChI is InChI=1S/C21H24N2O5/c1-3-22-18-7-5-6-8-19(18)23(21(22)26)13-16(24)14-28-17-11-9-15(10-12-17)20(25)27-4-2/h5-12,16,24H,3-4,13-14H2,1-2H3. The summed E-state index contributed by atoms with van der Waals surface area (Å²) in [5, 5.41) is 10.4. The Morgan fingerprint density at radius 1 is 1.04 bits per heavy atom. The zero-order valence-electron chi connectivity index (χ0n) is 16.0. The Balaban J connectivity index is 1.66. The summed E-state index contributed by atoms with van der Waals surface area (Å²) < 4.78 is 13.8. The first kappa shape index (κ1) is 19.7. The molecule has 148 valence electrons. The monoisotopic (exact) mass is 384 g/mol. The van der Waals surface area contributed by atoms with E-state index < -0.39 is 6.10 Å². The maximum absolute atomic E-state index is 12.6. The lowest BCUT2D eigenvalue weighted by Gasteiger charge is -2.13. The molecule has 0 amide bonds. The van der Waals surface area contributed by atoms with Crippen molar-refractivity contribution < 1.29 is 19.4 Å². The van der Waals surface area contributed by atoms with Crippen LogP contribution in [0.4, 0.5) is 0 Å². The van der Waals surface area contributed by atoms with Crippen LogP contribution in [-0.2, 0) is 17.8 Å². The van der Waals surface area contributed by atoms with E-state index in [1.165, 1.54) is 0 Å². The molecule has 28 heavy (non-hydrogen) atoms. The minimum Gasteiger partial charge on any atom is -0.491 e. The van der Waals surface area contributed by atoms with Crippen molar-refractivity contribution in [1.82, 2.24) is 9.13 Å². The second kappa shape index (κ2) is 8.75. The van der Waals surface area contributed by atoms with Crippen molar-refractivity contribution in [3.8, 4) is 5.75 Å². The molecule has 0 bridgehead atoms. The van der Waals surface area contributed by atoms with Crippen LogP contribution in [-0.4, -0.2) is 39.5 Å². The number of carbonyl (C=O) groups is 1. The first-order valence-electron chi connectivity index (χ1n) is 9.31. The molecule has 0 saturated heterocycles. The Kier molecular flexibility index (Phi) is 6.16. The fourth-order valence-corrected chi connectivity index (χ4v) is 3.11. The van der Waals surface area contributed by atoms with Gasteiger partial charge in [0, 0.05) is 6.54 Å². The maximum atomic E-state index is 12.6. The maximum Gasteiger partial charge on any atom is 0.338 e. The summed E-state index contributed by atoms with van der Waals surface area (Å²) in [4.78, 5) is 24.3. The number of esters is 1. The van der Waals surface area contributed by atoms with E-state index >= 15 is 0 Å². The number of para-hydroxylation sites is 2. The highest BCUT2D eigenvalue weighted by molar-refractivity contribution is 5.89. The van der Waals surface area contributed by atoms with E-state index in [0.717, 1.165) is 11.0 Å². The molecule has 1 heterocycles. The average molecular weight is 384 g/mol. The van der Waals surface area contributed by atoms with E-state index in [-0.39, 0.29) is 24.8 Å². The number of benzene rings is 2. The predicted octanol–water partition coefficient (Wildman–Crippen LogP) is 2.44. The first-order valence-corrected chi connectivity index (χ1v) is 9.31. The Morgan fingerprint density at radius 2 is 1.68 bits per heavy atom. The molecule has 1 aromatic heterocycles. The van der Waals surface area contributed by atoms with E-state index in [9.17, 15) is 14.7 Å². The van der Waals surface area contributed by atoms with Crippen LogP contribution in [0.1, 0.15) is 24.2 Å². The van der Waals surface area contributed by atoms with Crippen molar-refractivity contribution >= 4 is 17.0 Å². The number of aliphatic hydroxyl groups excluding tert-OH is 1. The molecule has 3 rings (SSSR count). The van der Waals surface area contributed by atoms with Gasteiger partial charge in [0.2, 0.25) is 0 Å². The molecule has 0 radical (unpaired) electrons. The fraction of sp³-hybridized carbons (Fsp3) is 0.333. The smallest absolute Gasteiger partial charge is 0.338 e. The highest BCUT2D eigenvalue weighted by atomic mass is 16.5. The second-order valence-corrected chi connectivity index (χ2v) is 6.34. The Hall–Kier alpha value is -3.06.